The third-order valence-electron chi connectivity index (χ3n) is 3.00. The number of aromatic nitrogens is 4. The van der Waals surface area contributed by atoms with Crippen LogP contribution in [0.15, 0.2) is 35.6 Å². The van der Waals surface area contributed by atoms with Gasteiger partial charge in [0.2, 0.25) is 0 Å². The first kappa shape index (κ1) is 9.89. The third kappa shape index (κ3) is 1.39. The van der Waals surface area contributed by atoms with E-state index in [2.05, 4.69) is 9.97 Å². The zero-order chi connectivity index (χ0) is 12.0. The molecule has 1 aromatic carbocycles. The average molecular weight is 228 g/mol. The first-order valence-corrected chi connectivity index (χ1v) is 5.34. The Labute approximate surface area is 97.3 Å². The van der Waals surface area contributed by atoms with E-state index in [0.29, 0.717) is 0 Å². The quantitative estimate of drug-likeness (QED) is 0.683. The number of aryl methyl sites for hydroxylation is 2. The van der Waals surface area contributed by atoms with Crippen molar-refractivity contribution in [1.29, 1.82) is 0 Å². The molecule has 86 valence electrons. The molecule has 0 bridgehead atoms. The summed E-state index contributed by atoms with van der Waals surface area (Å²) in [5.74, 6) is 0. The summed E-state index contributed by atoms with van der Waals surface area (Å²) in [5, 5.41) is 0. The third-order valence-corrected chi connectivity index (χ3v) is 3.00. The molecule has 3 rings (SSSR count). The van der Waals surface area contributed by atoms with Crippen LogP contribution in [0.4, 0.5) is 0 Å². The van der Waals surface area contributed by atoms with Crippen LogP contribution in [-0.4, -0.2) is 19.1 Å². The van der Waals surface area contributed by atoms with Crippen LogP contribution in [0.5, 0.6) is 0 Å². The van der Waals surface area contributed by atoms with Gasteiger partial charge < -0.3 is 9.55 Å². The van der Waals surface area contributed by atoms with Crippen LogP contribution >= 0.6 is 0 Å². The summed E-state index contributed by atoms with van der Waals surface area (Å²) in [4.78, 5) is 18.4. The molecule has 0 saturated heterocycles. The lowest BCUT2D eigenvalue weighted by atomic mass is 10.1. The molecule has 0 fully saturated rings. The molecule has 0 atom stereocenters. The standard InChI is InChI=1S/C12H12N4O/c1-8-5-9-11(15(2)12(17)14-9)6-10(8)16-4-3-13-7-16/h3-7H,1-2H3,(H,14,17). The Balaban J connectivity index is 2.37. The maximum atomic E-state index is 11.5. The first-order valence-electron chi connectivity index (χ1n) is 5.34. The van der Waals surface area contributed by atoms with E-state index in [1.54, 1.807) is 24.1 Å². The lowest BCUT2D eigenvalue weighted by molar-refractivity contribution is 0.890. The number of fused-ring (bicyclic) bond motifs is 1. The minimum Gasteiger partial charge on any atom is -0.306 e. The molecule has 0 aliphatic rings. The van der Waals surface area contributed by atoms with Gasteiger partial charge >= 0.3 is 5.69 Å². The summed E-state index contributed by atoms with van der Waals surface area (Å²) in [6, 6.07) is 3.97. The molecule has 0 aliphatic carbocycles. The van der Waals surface area contributed by atoms with Gasteiger partial charge in [0.05, 0.1) is 23.0 Å². The van der Waals surface area contributed by atoms with Crippen molar-refractivity contribution in [2.75, 3.05) is 0 Å². The van der Waals surface area contributed by atoms with Gasteiger partial charge in [-0.15, -0.1) is 0 Å². The minimum atomic E-state index is -0.0952. The highest BCUT2D eigenvalue weighted by Crippen LogP contribution is 2.20. The monoisotopic (exact) mass is 228 g/mol. The zero-order valence-electron chi connectivity index (χ0n) is 9.64. The molecule has 2 heterocycles. The van der Waals surface area contributed by atoms with Crippen LogP contribution in [0.3, 0.4) is 0 Å². The van der Waals surface area contributed by atoms with E-state index in [-0.39, 0.29) is 5.69 Å². The zero-order valence-corrected chi connectivity index (χ0v) is 9.64. The number of nitrogens with zero attached hydrogens (tertiary/aromatic N) is 3. The Bertz CT molecular complexity index is 734. The summed E-state index contributed by atoms with van der Waals surface area (Å²) in [6.07, 6.45) is 5.37. The molecule has 5 nitrogen and oxygen atoms in total. The van der Waals surface area contributed by atoms with Gasteiger partial charge in [0, 0.05) is 19.4 Å². The van der Waals surface area contributed by atoms with Crippen LogP contribution in [0, 0.1) is 6.92 Å². The van der Waals surface area contributed by atoms with Crippen molar-refractivity contribution in [2.24, 2.45) is 7.05 Å². The number of H-pyrrole nitrogens is 1. The minimum absolute atomic E-state index is 0.0952. The smallest absolute Gasteiger partial charge is 0.306 e. The second-order valence-electron chi connectivity index (χ2n) is 4.11. The Hall–Kier alpha value is -2.30. The number of benzene rings is 1. The van der Waals surface area contributed by atoms with Gasteiger partial charge in [-0.25, -0.2) is 9.78 Å². The van der Waals surface area contributed by atoms with Crippen molar-refractivity contribution in [1.82, 2.24) is 19.1 Å². The average Bonchev–Trinajstić information content (AvgIpc) is 2.89. The van der Waals surface area contributed by atoms with Gasteiger partial charge in [0.1, 0.15) is 0 Å². The molecule has 0 radical (unpaired) electrons. The predicted octanol–water partition coefficient (Wildman–Crippen LogP) is 1.36. The van der Waals surface area contributed by atoms with Crippen LogP contribution < -0.4 is 5.69 Å². The number of rotatable bonds is 1. The predicted molar refractivity (Wildman–Crippen MR) is 65.4 cm³/mol. The number of hydrogen-bond donors (Lipinski definition) is 1. The maximum absolute atomic E-state index is 11.5. The summed E-state index contributed by atoms with van der Waals surface area (Å²) in [7, 11) is 1.76. The van der Waals surface area contributed by atoms with E-state index >= 15 is 0 Å². The van der Waals surface area contributed by atoms with Crippen LogP contribution in [-0.2, 0) is 7.05 Å². The van der Waals surface area contributed by atoms with Crippen molar-refractivity contribution >= 4 is 11.0 Å². The van der Waals surface area contributed by atoms with Crippen molar-refractivity contribution in [2.45, 2.75) is 6.92 Å². The molecule has 0 unspecified atom stereocenters. The highest BCUT2D eigenvalue weighted by Gasteiger charge is 2.08. The molecular formula is C12H12N4O. The van der Waals surface area contributed by atoms with Crippen LogP contribution in [0.2, 0.25) is 0 Å². The van der Waals surface area contributed by atoms with Gasteiger partial charge in [-0.1, -0.05) is 0 Å². The van der Waals surface area contributed by atoms with Gasteiger partial charge in [-0.2, -0.15) is 0 Å². The highest BCUT2D eigenvalue weighted by molar-refractivity contribution is 5.79. The van der Waals surface area contributed by atoms with Gasteiger partial charge in [0.25, 0.3) is 0 Å². The van der Waals surface area contributed by atoms with Gasteiger partial charge in [-0.05, 0) is 24.6 Å². The molecule has 17 heavy (non-hydrogen) atoms. The van der Waals surface area contributed by atoms with Crippen molar-refractivity contribution < 1.29 is 0 Å². The second-order valence-corrected chi connectivity index (χ2v) is 4.11. The van der Waals surface area contributed by atoms with E-state index in [9.17, 15) is 4.79 Å². The fraction of sp³-hybridized carbons (Fsp3) is 0.167. The number of hydrogen-bond acceptors (Lipinski definition) is 2. The summed E-state index contributed by atoms with van der Waals surface area (Å²) < 4.78 is 3.54. The fourth-order valence-electron chi connectivity index (χ4n) is 2.05. The van der Waals surface area contributed by atoms with E-state index < -0.39 is 0 Å². The molecule has 2 aromatic heterocycles. The Kier molecular flexibility index (Phi) is 1.95. The first-order chi connectivity index (χ1) is 8.16. The van der Waals surface area contributed by atoms with Crippen LogP contribution in [0.25, 0.3) is 16.7 Å². The Morgan fingerprint density at radius 1 is 1.35 bits per heavy atom. The van der Waals surface area contributed by atoms with Gasteiger partial charge in [-0.3, -0.25) is 4.57 Å². The Morgan fingerprint density at radius 2 is 2.18 bits per heavy atom. The largest absolute Gasteiger partial charge is 0.326 e. The summed E-state index contributed by atoms with van der Waals surface area (Å²) in [6.45, 7) is 2.01. The number of nitrogens with one attached hydrogen (secondary N) is 1. The van der Waals surface area contributed by atoms with E-state index in [1.165, 1.54) is 0 Å². The second kappa shape index (κ2) is 3.35. The normalized spacial score (nSPS) is 11.2. The lowest BCUT2D eigenvalue weighted by Gasteiger charge is -2.07. The fourth-order valence-corrected chi connectivity index (χ4v) is 2.05. The van der Waals surface area contributed by atoms with Crippen molar-refractivity contribution in [3.8, 4) is 5.69 Å². The summed E-state index contributed by atoms with van der Waals surface area (Å²) in [5.41, 5.74) is 3.78. The van der Waals surface area contributed by atoms with E-state index in [1.807, 2.05) is 29.8 Å². The molecule has 0 saturated carbocycles. The van der Waals surface area contributed by atoms with Crippen LogP contribution in [0.1, 0.15) is 5.56 Å². The van der Waals surface area contributed by atoms with E-state index in [4.69, 9.17) is 0 Å². The Morgan fingerprint density at radius 3 is 2.88 bits per heavy atom. The molecule has 1 N–H and O–H groups in total. The molecule has 0 spiro atoms. The van der Waals surface area contributed by atoms with Gasteiger partial charge in [0.15, 0.2) is 0 Å². The van der Waals surface area contributed by atoms with E-state index in [0.717, 1.165) is 22.3 Å². The van der Waals surface area contributed by atoms with Crippen molar-refractivity contribution in [3.05, 3.63) is 46.9 Å². The topological polar surface area (TPSA) is 55.6 Å². The SMILES string of the molecule is Cc1cc2[nH]c(=O)n(C)c2cc1-n1ccnc1. The molecular weight excluding hydrogens is 216 g/mol. The molecule has 3 aromatic rings. The number of imidazole rings is 2. The lowest BCUT2D eigenvalue weighted by Crippen LogP contribution is -2.11. The summed E-state index contributed by atoms with van der Waals surface area (Å²) >= 11 is 0. The van der Waals surface area contributed by atoms with Crippen molar-refractivity contribution in [3.63, 3.8) is 0 Å². The number of aromatic amines is 1. The molecule has 5 heteroatoms. The molecule has 0 amide bonds. The molecule has 0 aliphatic heterocycles. The highest BCUT2D eigenvalue weighted by atomic mass is 16.1. The maximum Gasteiger partial charge on any atom is 0.326 e.